The zero-order valence-electron chi connectivity index (χ0n) is 10.0. The second-order valence-corrected chi connectivity index (χ2v) is 6.13. The molecular formula is C13H16BrNO2. The number of benzene rings is 1. The molecule has 0 bridgehead atoms. The lowest BCUT2D eigenvalue weighted by Crippen LogP contribution is -2.24. The van der Waals surface area contributed by atoms with Gasteiger partial charge in [0.25, 0.3) is 0 Å². The Kier molecular flexibility index (Phi) is 3.17. The van der Waals surface area contributed by atoms with E-state index in [4.69, 9.17) is 0 Å². The molecule has 4 heteroatoms. The van der Waals surface area contributed by atoms with Crippen LogP contribution in [0.4, 0.5) is 5.69 Å². The van der Waals surface area contributed by atoms with Crippen LogP contribution in [0, 0.1) is 5.41 Å². The third kappa shape index (κ3) is 2.46. The maximum atomic E-state index is 11.3. The molecule has 1 aromatic rings. The van der Waals surface area contributed by atoms with Crippen LogP contribution in [0.1, 0.15) is 30.6 Å². The molecule has 1 aliphatic rings. The van der Waals surface area contributed by atoms with Gasteiger partial charge in [0.05, 0.1) is 11.3 Å². The standard InChI is InChI=1S/C13H16BrNO2/c1-13(2)6-7-15(8-13)10-5-3-4-9(14)11(10)12(16)17/h3-5H,6-8H2,1-2H3,(H,16,17). The zero-order chi connectivity index (χ0) is 12.6. The van der Waals surface area contributed by atoms with Crippen LogP contribution in [0.3, 0.4) is 0 Å². The molecule has 1 N–H and O–H groups in total. The van der Waals surface area contributed by atoms with Gasteiger partial charge in [-0.15, -0.1) is 0 Å². The van der Waals surface area contributed by atoms with E-state index in [1.54, 1.807) is 6.07 Å². The molecule has 0 radical (unpaired) electrons. The number of aromatic carboxylic acids is 1. The molecular weight excluding hydrogens is 282 g/mol. The Morgan fingerprint density at radius 3 is 2.71 bits per heavy atom. The summed E-state index contributed by atoms with van der Waals surface area (Å²) in [5.74, 6) is -0.878. The van der Waals surface area contributed by atoms with E-state index in [1.807, 2.05) is 12.1 Å². The van der Waals surface area contributed by atoms with E-state index < -0.39 is 5.97 Å². The van der Waals surface area contributed by atoms with Crippen molar-refractivity contribution < 1.29 is 9.90 Å². The average Bonchev–Trinajstić information content (AvgIpc) is 2.57. The molecule has 0 aromatic heterocycles. The van der Waals surface area contributed by atoms with Crippen LogP contribution in [-0.2, 0) is 0 Å². The smallest absolute Gasteiger partial charge is 0.338 e. The van der Waals surface area contributed by atoms with Gasteiger partial charge in [0.1, 0.15) is 0 Å². The molecule has 0 unspecified atom stereocenters. The Bertz CT molecular complexity index is 457. The van der Waals surface area contributed by atoms with E-state index in [0.717, 1.165) is 25.2 Å². The van der Waals surface area contributed by atoms with E-state index in [-0.39, 0.29) is 5.41 Å². The lowest BCUT2D eigenvalue weighted by atomic mass is 9.93. The molecule has 2 rings (SSSR count). The fourth-order valence-corrected chi connectivity index (χ4v) is 2.83. The van der Waals surface area contributed by atoms with Gasteiger partial charge in [-0.05, 0) is 39.9 Å². The first-order valence-electron chi connectivity index (χ1n) is 5.67. The minimum Gasteiger partial charge on any atom is -0.478 e. The van der Waals surface area contributed by atoms with Crippen LogP contribution in [0.15, 0.2) is 22.7 Å². The number of rotatable bonds is 2. The van der Waals surface area contributed by atoms with Crippen LogP contribution in [0.25, 0.3) is 0 Å². The van der Waals surface area contributed by atoms with Crippen LogP contribution >= 0.6 is 15.9 Å². The molecule has 0 amide bonds. The number of anilines is 1. The van der Waals surface area contributed by atoms with Gasteiger partial charge in [-0.1, -0.05) is 19.9 Å². The predicted molar refractivity (Wildman–Crippen MR) is 71.7 cm³/mol. The van der Waals surface area contributed by atoms with E-state index >= 15 is 0 Å². The van der Waals surface area contributed by atoms with E-state index in [2.05, 4.69) is 34.7 Å². The van der Waals surface area contributed by atoms with Crippen molar-refractivity contribution >= 4 is 27.6 Å². The summed E-state index contributed by atoms with van der Waals surface area (Å²) in [5, 5.41) is 9.28. The molecule has 1 aromatic carbocycles. The van der Waals surface area contributed by atoms with E-state index in [9.17, 15) is 9.90 Å². The van der Waals surface area contributed by atoms with Crippen LogP contribution in [0.2, 0.25) is 0 Å². The maximum absolute atomic E-state index is 11.3. The molecule has 0 aliphatic carbocycles. The molecule has 3 nitrogen and oxygen atoms in total. The van der Waals surface area contributed by atoms with Gasteiger partial charge in [0.2, 0.25) is 0 Å². The summed E-state index contributed by atoms with van der Waals surface area (Å²) >= 11 is 3.32. The van der Waals surface area contributed by atoms with Crippen LogP contribution in [0.5, 0.6) is 0 Å². The van der Waals surface area contributed by atoms with Crippen LogP contribution < -0.4 is 4.90 Å². The summed E-state index contributed by atoms with van der Waals surface area (Å²) in [6.07, 6.45) is 1.10. The first kappa shape index (κ1) is 12.4. The van der Waals surface area contributed by atoms with Gasteiger partial charge in [-0.25, -0.2) is 4.79 Å². The second-order valence-electron chi connectivity index (χ2n) is 5.27. The lowest BCUT2D eigenvalue weighted by Gasteiger charge is -2.23. The van der Waals surface area contributed by atoms with Crippen molar-refractivity contribution in [1.29, 1.82) is 0 Å². The molecule has 17 heavy (non-hydrogen) atoms. The summed E-state index contributed by atoms with van der Waals surface area (Å²) in [5.41, 5.74) is 1.45. The molecule has 0 saturated carbocycles. The maximum Gasteiger partial charge on any atom is 0.338 e. The molecule has 1 saturated heterocycles. The Hall–Kier alpha value is -1.03. The Morgan fingerprint density at radius 1 is 1.47 bits per heavy atom. The highest BCUT2D eigenvalue weighted by Crippen LogP contribution is 2.36. The highest BCUT2D eigenvalue weighted by Gasteiger charge is 2.31. The summed E-state index contributed by atoms with van der Waals surface area (Å²) in [7, 11) is 0. The Balaban J connectivity index is 2.40. The lowest BCUT2D eigenvalue weighted by molar-refractivity contribution is 0.0696. The van der Waals surface area contributed by atoms with Crippen molar-refractivity contribution in [2.24, 2.45) is 5.41 Å². The summed E-state index contributed by atoms with van der Waals surface area (Å²) < 4.78 is 0.646. The molecule has 1 heterocycles. The van der Waals surface area contributed by atoms with Gasteiger partial charge in [-0.3, -0.25) is 0 Å². The van der Waals surface area contributed by atoms with Gasteiger partial charge in [0, 0.05) is 17.6 Å². The van der Waals surface area contributed by atoms with Crippen LogP contribution in [-0.4, -0.2) is 24.2 Å². The number of halogens is 1. The third-order valence-electron chi connectivity index (χ3n) is 3.22. The Labute approximate surface area is 110 Å². The van der Waals surface area contributed by atoms with Crippen molar-refractivity contribution in [3.05, 3.63) is 28.2 Å². The molecule has 92 valence electrons. The summed E-state index contributed by atoms with van der Waals surface area (Å²) in [6.45, 7) is 6.25. The molecule has 1 aliphatic heterocycles. The summed E-state index contributed by atoms with van der Waals surface area (Å²) in [6, 6.07) is 5.54. The highest BCUT2D eigenvalue weighted by molar-refractivity contribution is 9.10. The predicted octanol–water partition coefficient (Wildman–Crippen LogP) is 3.38. The van der Waals surface area contributed by atoms with E-state index in [1.165, 1.54) is 0 Å². The first-order chi connectivity index (χ1) is 7.91. The first-order valence-corrected chi connectivity index (χ1v) is 6.47. The monoisotopic (exact) mass is 297 g/mol. The largest absolute Gasteiger partial charge is 0.478 e. The Morgan fingerprint density at radius 2 is 2.18 bits per heavy atom. The normalized spacial score (nSPS) is 18.4. The number of hydrogen-bond donors (Lipinski definition) is 1. The van der Waals surface area contributed by atoms with Gasteiger partial charge < -0.3 is 10.0 Å². The quantitative estimate of drug-likeness (QED) is 0.910. The number of hydrogen-bond acceptors (Lipinski definition) is 2. The molecule has 0 atom stereocenters. The van der Waals surface area contributed by atoms with Crippen molar-refractivity contribution in [1.82, 2.24) is 0 Å². The van der Waals surface area contributed by atoms with Crippen molar-refractivity contribution in [3.8, 4) is 0 Å². The van der Waals surface area contributed by atoms with Crippen molar-refractivity contribution in [2.75, 3.05) is 18.0 Å². The highest BCUT2D eigenvalue weighted by atomic mass is 79.9. The van der Waals surface area contributed by atoms with Crippen molar-refractivity contribution in [2.45, 2.75) is 20.3 Å². The average molecular weight is 298 g/mol. The molecule has 1 fully saturated rings. The fraction of sp³-hybridized carbons (Fsp3) is 0.462. The van der Waals surface area contributed by atoms with Crippen molar-refractivity contribution in [3.63, 3.8) is 0 Å². The second kappa shape index (κ2) is 4.33. The number of carbonyl (C=O) groups is 1. The number of nitrogens with zero attached hydrogens (tertiary/aromatic N) is 1. The topological polar surface area (TPSA) is 40.5 Å². The molecule has 0 spiro atoms. The number of carboxylic acids is 1. The van der Waals surface area contributed by atoms with Gasteiger partial charge in [-0.2, -0.15) is 0 Å². The zero-order valence-corrected chi connectivity index (χ0v) is 11.6. The summed E-state index contributed by atoms with van der Waals surface area (Å²) in [4.78, 5) is 13.5. The fourth-order valence-electron chi connectivity index (χ4n) is 2.31. The SMILES string of the molecule is CC1(C)CCN(c2cccc(Br)c2C(=O)O)C1. The number of carboxylic acid groups (broad SMARTS) is 1. The van der Waals surface area contributed by atoms with Gasteiger partial charge in [0.15, 0.2) is 0 Å². The third-order valence-corrected chi connectivity index (χ3v) is 3.88. The van der Waals surface area contributed by atoms with Gasteiger partial charge >= 0.3 is 5.97 Å². The minimum absolute atomic E-state index is 0.262. The minimum atomic E-state index is -0.878. The van der Waals surface area contributed by atoms with E-state index in [0.29, 0.717) is 10.0 Å².